The molecule has 0 radical (unpaired) electrons. The molecule has 0 aromatic rings. The smallest absolute Gasteiger partial charge is 0.348 e. The van der Waals surface area contributed by atoms with Gasteiger partial charge in [-0.05, 0) is 34.1 Å². The third-order valence-electron chi connectivity index (χ3n) is 4.93. The van der Waals surface area contributed by atoms with Crippen molar-refractivity contribution in [2.24, 2.45) is 11.3 Å². The fraction of sp³-hybridized carbons (Fsp3) is 0.833. The fourth-order valence-electron chi connectivity index (χ4n) is 2.86. The number of cyclic esters (lactones) is 1. The molecule has 154 valence electrons. The summed E-state index contributed by atoms with van der Waals surface area (Å²) in [5.74, 6) is -3.73. The maximum atomic E-state index is 12.1. The van der Waals surface area contributed by atoms with Crippen molar-refractivity contribution in [2.45, 2.75) is 78.4 Å². The van der Waals surface area contributed by atoms with Crippen LogP contribution >= 0.6 is 0 Å². The van der Waals surface area contributed by atoms with Crippen molar-refractivity contribution in [2.75, 3.05) is 6.61 Å². The lowest BCUT2D eigenvalue weighted by Crippen LogP contribution is -2.40. The van der Waals surface area contributed by atoms with E-state index in [1.165, 1.54) is 0 Å². The normalized spacial score (nSPS) is 32.9. The van der Waals surface area contributed by atoms with Gasteiger partial charge in [-0.2, -0.15) is 0 Å². The number of rotatable bonds is 6. The SMILES string of the molecule is CCC(C)(C)C(=O)OCC(=O)OC1C(=O)OC(C2OC(C)(C)OC2O)C1C. The number of aliphatic hydroxyl groups excluding tert-OH is 1. The lowest BCUT2D eigenvalue weighted by Gasteiger charge is -2.23. The maximum absolute atomic E-state index is 12.1. The van der Waals surface area contributed by atoms with E-state index in [0.717, 1.165) is 0 Å². The number of hydrogen-bond donors (Lipinski definition) is 1. The second-order valence-corrected chi connectivity index (χ2v) is 7.98. The van der Waals surface area contributed by atoms with Crippen LogP contribution in [0.3, 0.4) is 0 Å². The molecule has 2 rings (SSSR count). The van der Waals surface area contributed by atoms with Crippen molar-refractivity contribution in [1.82, 2.24) is 0 Å². The highest BCUT2D eigenvalue weighted by atomic mass is 16.8. The number of ether oxygens (including phenoxy) is 5. The van der Waals surface area contributed by atoms with E-state index in [1.807, 2.05) is 6.92 Å². The van der Waals surface area contributed by atoms with Gasteiger partial charge in [-0.25, -0.2) is 9.59 Å². The van der Waals surface area contributed by atoms with Crippen LogP contribution in [0.25, 0.3) is 0 Å². The third-order valence-corrected chi connectivity index (χ3v) is 4.93. The minimum atomic E-state index is -1.27. The van der Waals surface area contributed by atoms with E-state index in [0.29, 0.717) is 6.42 Å². The van der Waals surface area contributed by atoms with Gasteiger partial charge in [0.05, 0.1) is 5.41 Å². The number of esters is 3. The Morgan fingerprint density at radius 3 is 2.37 bits per heavy atom. The van der Waals surface area contributed by atoms with Crippen LogP contribution in [-0.4, -0.2) is 60.0 Å². The number of carbonyl (C=O) groups is 3. The summed E-state index contributed by atoms with van der Waals surface area (Å²) in [5, 5.41) is 10.00. The van der Waals surface area contributed by atoms with Crippen LogP contribution < -0.4 is 0 Å². The average Bonchev–Trinajstić information content (AvgIpc) is 3.00. The third kappa shape index (κ3) is 4.77. The molecule has 9 heteroatoms. The Hall–Kier alpha value is -1.71. The molecule has 9 nitrogen and oxygen atoms in total. The van der Waals surface area contributed by atoms with Crippen molar-refractivity contribution in [1.29, 1.82) is 0 Å². The lowest BCUT2D eigenvalue weighted by molar-refractivity contribution is -0.176. The van der Waals surface area contributed by atoms with Gasteiger partial charge < -0.3 is 28.8 Å². The Bertz CT molecular complexity index is 598. The molecule has 2 heterocycles. The van der Waals surface area contributed by atoms with Gasteiger partial charge in [-0.3, -0.25) is 4.79 Å². The van der Waals surface area contributed by atoms with Gasteiger partial charge in [0.1, 0.15) is 12.2 Å². The molecule has 0 amide bonds. The highest BCUT2D eigenvalue weighted by molar-refractivity contribution is 5.83. The molecule has 0 saturated carbocycles. The summed E-state index contributed by atoms with van der Waals surface area (Å²) in [7, 11) is 0. The predicted molar refractivity (Wildman–Crippen MR) is 90.0 cm³/mol. The highest BCUT2D eigenvalue weighted by Crippen LogP contribution is 2.36. The van der Waals surface area contributed by atoms with E-state index < -0.39 is 66.2 Å². The van der Waals surface area contributed by atoms with Crippen molar-refractivity contribution in [3.63, 3.8) is 0 Å². The van der Waals surface area contributed by atoms with Crippen LogP contribution in [-0.2, 0) is 38.1 Å². The number of carbonyl (C=O) groups excluding carboxylic acids is 3. The molecule has 27 heavy (non-hydrogen) atoms. The Morgan fingerprint density at radius 2 is 1.85 bits per heavy atom. The topological polar surface area (TPSA) is 118 Å². The zero-order valence-corrected chi connectivity index (χ0v) is 16.5. The first-order chi connectivity index (χ1) is 12.4. The molecular weight excluding hydrogens is 360 g/mol. The molecule has 2 saturated heterocycles. The van der Waals surface area contributed by atoms with Crippen molar-refractivity contribution in [3.05, 3.63) is 0 Å². The van der Waals surface area contributed by atoms with E-state index in [9.17, 15) is 19.5 Å². The van der Waals surface area contributed by atoms with E-state index in [-0.39, 0.29) is 0 Å². The second-order valence-electron chi connectivity index (χ2n) is 7.98. The molecular formula is C18H28O9. The number of hydrogen-bond acceptors (Lipinski definition) is 9. The molecule has 2 fully saturated rings. The summed E-state index contributed by atoms with van der Waals surface area (Å²) in [6, 6.07) is 0. The summed E-state index contributed by atoms with van der Waals surface area (Å²) in [6.07, 6.45) is -3.64. The molecule has 2 aliphatic rings. The van der Waals surface area contributed by atoms with Crippen LogP contribution in [0.4, 0.5) is 0 Å². The van der Waals surface area contributed by atoms with Crippen LogP contribution in [0.1, 0.15) is 48.0 Å². The minimum Gasteiger partial charge on any atom is -0.456 e. The highest BCUT2D eigenvalue weighted by Gasteiger charge is 2.55. The Kier molecular flexibility index (Phi) is 6.18. The Balaban J connectivity index is 1.93. The van der Waals surface area contributed by atoms with Crippen LogP contribution in [0.5, 0.6) is 0 Å². The predicted octanol–water partition coefficient (Wildman–Crippen LogP) is 0.909. The number of aliphatic hydroxyl groups is 1. The maximum Gasteiger partial charge on any atom is 0.348 e. The van der Waals surface area contributed by atoms with Crippen molar-refractivity contribution < 1.29 is 43.2 Å². The first-order valence-corrected chi connectivity index (χ1v) is 8.99. The van der Waals surface area contributed by atoms with Gasteiger partial charge in [-0.1, -0.05) is 13.8 Å². The van der Waals surface area contributed by atoms with Gasteiger partial charge in [0.15, 0.2) is 18.7 Å². The van der Waals surface area contributed by atoms with Gasteiger partial charge in [0, 0.05) is 5.92 Å². The first kappa shape index (κ1) is 21.6. The average molecular weight is 388 g/mol. The van der Waals surface area contributed by atoms with Crippen molar-refractivity contribution >= 4 is 17.9 Å². The minimum absolute atomic E-state index is 0.524. The molecule has 0 aliphatic carbocycles. The summed E-state index contributed by atoms with van der Waals surface area (Å²) < 4.78 is 26.2. The Labute approximate surface area is 158 Å². The standard InChI is InChI=1S/C18H28O9/c1-7-17(3,4)16(22)23-8-10(19)24-12-9(2)11(25-14(12)20)13-15(21)27-18(5,6)26-13/h9,11-13,15,21H,7-8H2,1-6H3. The zero-order chi connectivity index (χ0) is 20.6. The van der Waals surface area contributed by atoms with E-state index >= 15 is 0 Å². The molecule has 1 N–H and O–H groups in total. The van der Waals surface area contributed by atoms with E-state index in [4.69, 9.17) is 23.7 Å². The quantitative estimate of drug-likeness (QED) is 0.523. The van der Waals surface area contributed by atoms with Crippen LogP contribution in [0, 0.1) is 11.3 Å². The lowest BCUT2D eigenvalue weighted by atomic mass is 9.91. The molecule has 5 unspecified atom stereocenters. The molecule has 0 aromatic heterocycles. The molecule has 0 bridgehead atoms. The first-order valence-electron chi connectivity index (χ1n) is 8.99. The molecule has 2 aliphatic heterocycles. The zero-order valence-electron chi connectivity index (χ0n) is 16.5. The molecule has 0 aromatic carbocycles. The largest absolute Gasteiger partial charge is 0.456 e. The molecule has 0 spiro atoms. The fourth-order valence-corrected chi connectivity index (χ4v) is 2.86. The Morgan fingerprint density at radius 1 is 1.22 bits per heavy atom. The summed E-state index contributed by atoms with van der Waals surface area (Å²) >= 11 is 0. The van der Waals surface area contributed by atoms with Gasteiger partial charge >= 0.3 is 17.9 Å². The second kappa shape index (κ2) is 7.73. The van der Waals surface area contributed by atoms with Crippen LogP contribution in [0.15, 0.2) is 0 Å². The van der Waals surface area contributed by atoms with Gasteiger partial charge in [-0.15, -0.1) is 0 Å². The van der Waals surface area contributed by atoms with Gasteiger partial charge in [0.25, 0.3) is 0 Å². The molecule has 5 atom stereocenters. The summed E-state index contributed by atoms with van der Waals surface area (Å²) in [6.45, 7) is 9.54. The van der Waals surface area contributed by atoms with Crippen LogP contribution in [0.2, 0.25) is 0 Å². The summed E-state index contributed by atoms with van der Waals surface area (Å²) in [5.41, 5.74) is -0.715. The van der Waals surface area contributed by atoms with E-state index in [1.54, 1.807) is 34.6 Å². The summed E-state index contributed by atoms with van der Waals surface area (Å²) in [4.78, 5) is 36.0. The van der Waals surface area contributed by atoms with E-state index in [2.05, 4.69) is 0 Å². The van der Waals surface area contributed by atoms with Gasteiger partial charge in [0.2, 0.25) is 6.10 Å². The monoisotopic (exact) mass is 388 g/mol. The van der Waals surface area contributed by atoms with Crippen molar-refractivity contribution in [3.8, 4) is 0 Å².